The maximum Gasteiger partial charge on any atom is 0.243 e. The fraction of sp³-hybridized carbons (Fsp3) is 0.143. The van der Waals surface area contributed by atoms with Gasteiger partial charge in [-0.25, -0.2) is 13.4 Å². The van der Waals surface area contributed by atoms with Gasteiger partial charge in [-0.2, -0.15) is 13.9 Å². The molecule has 0 atom stereocenters. The van der Waals surface area contributed by atoms with Crippen molar-refractivity contribution in [3.8, 4) is 22.5 Å². The molecule has 2 aromatic heterocycles. The highest BCUT2D eigenvalue weighted by Gasteiger charge is 2.32. The minimum Gasteiger partial charge on any atom is -1.00 e. The number of halogens is 2. The van der Waals surface area contributed by atoms with Gasteiger partial charge in [-0.05, 0) is 24.3 Å². The Balaban J connectivity index is 0.00000294. The van der Waals surface area contributed by atoms with Gasteiger partial charge in [0.2, 0.25) is 15.8 Å². The largest absolute Gasteiger partial charge is 1.00 e. The molecule has 0 radical (unpaired) electrons. The molecule has 1 saturated heterocycles. The van der Waals surface area contributed by atoms with E-state index in [0.29, 0.717) is 36.1 Å². The number of aromatic nitrogens is 3. The number of quaternary nitrogens is 1. The zero-order chi connectivity index (χ0) is 25.4. The first-order valence-electron chi connectivity index (χ1n) is 12.1. The van der Waals surface area contributed by atoms with Crippen LogP contribution >= 0.6 is 11.6 Å². The van der Waals surface area contributed by atoms with Gasteiger partial charge < -0.3 is 12.4 Å². The van der Waals surface area contributed by atoms with Crippen LogP contribution in [0.25, 0.3) is 28.2 Å². The molecule has 1 aliphatic heterocycles. The summed E-state index contributed by atoms with van der Waals surface area (Å²) in [5.74, 6) is 0.953. The number of rotatable bonds is 5. The Labute approximate surface area is 232 Å². The van der Waals surface area contributed by atoms with Crippen molar-refractivity contribution < 1.29 is 25.7 Å². The molecule has 0 saturated carbocycles. The lowest BCUT2D eigenvalue weighted by atomic mass is 10.1. The highest BCUT2D eigenvalue weighted by molar-refractivity contribution is 7.89. The lowest BCUT2D eigenvalue weighted by Gasteiger charge is -2.31. The minimum atomic E-state index is -3.52. The molecule has 194 valence electrons. The minimum absolute atomic E-state index is 0. The van der Waals surface area contributed by atoms with Gasteiger partial charge in [0.25, 0.3) is 0 Å². The van der Waals surface area contributed by atoms with E-state index < -0.39 is 10.0 Å². The standard InChI is InChI=1S/C28H24ClN5O2S.ClH/c29-23-11-7-10-22(18-23)26-19-27-30-25(21-8-3-1-4-9-21)20-28(34(27)31-26)32-14-16-33(17-15-32)37(35,36)24-12-5-2-6-13-24;/h1-13,18-20H,14-17H2;1H. The summed E-state index contributed by atoms with van der Waals surface area (Å²) >= 11 is 6.24. The molecule has 1 aliphatic rings. The van der Waals surface area contributed by atoms with Crippen molar-refractivity contribution in [3.05, 3.63) is 102 Å². The van der Waals surface area contributed by atoms with Gasteiger partial charge in [0, 0.05) is 28.3 Å². The summed E-state index contributed by atoms with van der Waals surface area (Å²) in [6.07, 6.45) is 0. The van der Waals surface area contributed by atoms with Crippen molar-refractivity contribution in [2.24, 2.45) is 0 Å². The Hall–Kier alpha value is -3.27. The quantitative estimate of drug-likeness (QED) is 0.344. The van der Waals surface area contributed by atoms with Crippen LogP contribution in [0.3, 0.4) is 0 Å². The Morgan fingerprint density at radius 1 is 0.763 bits per heavy atom. The van der Waals surface area contributed by atoms with Crippen molar-refractivity contribution in [1.82, 2.24) is 18.9 Å². The number of hydrogen-bond donors (Lipinski definition) is 1. The average molecular weight is 567 g/mol. The summed E-state index contributed by atoms with van der Waals surface area (Å²) in [6, 6.07) is 30.3. The number of sulfonamides is 1. The molecule has 3 aromatic carbocycles. The molecule has 3 heterocycles. The Morgan fingerprint density at radius 3 is 2.11 bits per heavy atom. The number of benzene rings is 3. The number of nitrogens with zero attached hydrogens (tertiary/aromatic N) is 4. The third-order valence-electron chi connectivity index (χ3n) is 6.69. The number of hydrogen-bond acceptors (Lipinski definition) is 4. The fourth-order valence-electron chi connectivity index (χ4n) is 4.77. The maximum absolute atomic E-state index is 13.1. The van der Waals surface area contributed by atoms with Crippen molar-refractivity contribution in [2.75, 3.05) is 26.2 Å². The van der Waals surface area contributed by atoms with E-state index in [2.05, 4.69) is 6.07 Å². The highest BCUT2D eigenvalue weighted by atomic mass is 35.5. The molecule has 0 spiro atoms. The van der Waals surface area contributed by atoms with Gasteiger partial charge in [0.15, 0.2) is 5.65 Å². The fourth-order valence-corrected chi connectivity index (χ4v) is 6.42. The van der Waals surface area contributed by atoms with Gasteiger partial charge in [0.1, 0.15) is 0 Å². The second kappa shape index (κ2) is 10.8. The summed E-state index contributed by atoms with van der Waals surface area (Å²) in [5.41, 5.74) is 4.30. The SMILES string of the molecule is O=S(=O)(c1ccccc1)N1CC[NH+](c2cc(-c3ccccc3)nc3cc(-c4cccc(Cl)c4)nn23)CC1.[Cl-]. The molecule has 5 aromatic rings. The van der Waals surface area contributed by atoms with Crippen molar-refractivity contribution in [2.45, 2.75) is 4.90 Å². The third kappa shape index (κ3) is 5.06. The zero-order valence-corrected chi connectivity index (χ0v) is 22.7. The van der Waals surface area contributed by atoms with Crippen LogP contribution in [0.1, 0.15) is 0 Å². The molecule has 7 nitrogen and oxygen atoms in total. The van der Waals surface area contributed by atoms with Crippen LogP contribution in [-0.2, 0) is 10.0 Å². The van der Waals surface area contributed by atoms with E-state index in [1.54, 1.807) is 28.6 Å². The molecule has 0 unspecified atom stereocenters. The van der Waals surface area contributed by atoms with Gasteiger partial charge in [0.05, 0.1) is 42.5 Å². The van der Waals surface area contributed by atoms with E-state index in [0.717, 1.165) is 38.9 Å². The topological polar surface area (TPSA) is 72.0 Å². The van der Waals surface area contributed by atoms with E-state index >= 15 is 0 Å². The highest BCUT2D eigenvalue weighted by Crippen LogP contribution is 2.26. The first kappa shape index (κ1) is 26.3. The Morgan fingerprint density at radius 2 is 1.42 bits per heavy atom. The number of piperazine rings is 1. The molecule has 10 heteroatoms. The van der Waals surface area contributed by atoms with Crippen LogP contribution in [0.4, 0.5) is 5.82 Å². The van der Waals surface area contributed by atoms with Gasteiger partial charge >= 0.3 is 0 Å². The molecule has 38 heavy (non-hydrogen) atoms. The van der Waals surface area contributed by atoms with Crippen LogP contribution in [0.15, 0.2) is 102 Å². The van der Waals surface area contributed by atoms with E-state index in [-0.39, 0.29) is 12.4 Å². The Bertz CT molecular complexity index is 1670. The second-order valence-corrected chi connectivity index (χ2v) is 11.4. The molecule has 6 rings (SSSR count). The Kier molecular flexibility index (Phi) is 7.52. The monoisotopic (exact) mass is 565 g/mol. The number of fused-ring (bicyclic) bond motifs is 1. The summed E-state index contributed by atoms with van der Waals surface area (Å²) in [6.45, 7) is 2.07. The average Bonchev–Trinajstić information content (AvgIpc) is 3.38. The van der Waals surface area contributed by atoms with Gasteiger partial charge in [-0.3, -0.25) is 4.90 Å². The third-order valence-corrected chi connectivity index (χ3v) is 8.83. The summed E-state index contributed by atoms with van der Waals surface area (Å²) < 4.78 is 29.7. The van der Waals surface area contributed by atoms with E-state index in [4.69, 9.17) is 21.7 Å². The van der Waals surface area contributed by atoms with Crippen LogP contribution in [0.2, 0.25) is 5.02 Å². The smallest absolute Gasteiger partial charge is 0.243 e. The van der Waals surface area contributed by atoms with Crippen molar-refractivity contribution in [1.29, 1.82) is 0 Å². The second-order valence-electron chi connectivity index (χ2n) is 9.02. The molecular formula is C28H25Cl2N5O2S. The van der Waals surface area contributed by atoms with Crippen molar-refractivity contribution >= 4 is 33.1 Å². The maximum atomic E-state index is 13.1. The predicted octanol–water partition coefficient (Wildman–Crippen LogP) is 0.942. The van der Waals surface area contributed by atoms with Crippen molar-refractivity contribution in [3.63, 3.8) is 0 Å². The van der Waals surface area contributed by atoms with Crippen LogP contribution < -0.4 is 17.3 Å². The lowest BCUT2D eigenvalue weighted by Crippen LogP contribution is -3.10. The predicted molar refractivity (Wildman–Crippen MR) is 144 cm³/mol. The number of nitrogens with one attached hydrogen (secondary N) is 1. The molecule has 0 amide bonds. The van der Waals surface area contributed by atoms with E-state index in [1.165, 1.54) is 0 Å². The molecule has 0 bridgehead atoms. The summed E-state index contributed by atoms with van der Waals surface area (Å²) in [7, 11) is -3.52. The van der Waals surface area contributed by atoms with Crippen LogP contribution in [0, 0.1) is 0 Å². The van der Waals surface area contributed by atoms with E-state index in [9.17, 15) is 8.42 Å². The molecule has 1 fully saturated rings. The summed E-state index contributed by atoms with van der Waals surface area (Å²) in [5, 5.41) is 5.54. The van der Waals surface area contributed by atoms with Gasteiger partial charge in [-0.1, -0.05) is 72.3 Å². The van der Waals surface area contributed by atoms with Crippen LogP contribution in [-0.4, -0.2) is 53.5 Å². The van der Waals surface area contributed by atoms with Gasteiger partial charge in [-0.15, -0.1) is 0 Å². The first-order valence-corrected chi connectivity index (χ1v) is 13.9. The molecule has 0 aliphatic carbocycles. The first-order chi connectivity index (χ1) is 18.0. The van der Waals surface area contributed by atoms with Crippen LogP contribution in [0.5, 0.6) is 0 Å². The van der Waals surface area contributed by atoms with E-state index in [1.807, 2.05) is 71.2 Å². The zero-order valence-electron chi connectivity index (χ0n) is 20.3. The molecule has 1 N–H and O–H groups in total. The molecular weight excluding hydrogens is 541 g/mol. The normalized spacial score (nSPS) is 14.9. The summed E-state index contributed by atoms with van der Waals surface area (Å²) in [4.78, 5) is 6.40. The lowest BCUT2D eigenvalue weighted by molar-refractivity contribution is -0.840.